The number of ether oxygens (including phenoxy) is 1. The molecule has 3 aliphatic rings. The summed E-state index contributed by atoms with van der Waals surface area (Å²) in [5.41, 5.74) is 0. The van der Waals surface area contributed by atoms with E-state index in [0.717, 1.165) is 38.1 Å². The van der Waals surface area contributed by atoms with Crippen LogP contribution >= 0.6 is 12.4 Å². The number of hydrogen-bond acceptors (Lipinski definition) is 3. The molecule has 0 aromatic carbocycles. The summed E-state index contributed by atoms with van der Waals surface area (Å²) in [6.45, 7) is 4.04. The zero-order chi connectivity index (χ0) is 11.7. The molecule has 0 aromatic rings. The summed E-state index contributed by atoms with van der Waals surface area (Å²) in [5, 5.41) is 3.27. The van der Waals surface area contributed by atoms with Crippen molar-refractivity contribution < 1.29 is 9.53 Å². The molecule has 2 saturated carbocycles. The lowest BCUT2D eigenvalue weighted by Gasteiger charge is -2.30. The minimum Gasteiger partial charge on any atom is -0.378 e. The molecule has 1 atom stereocenters. The van der Waals surface area contributed by atoms with E-state index in [-0.39, 0.29) is 24.4 Å². The maximum atomic E-state index is 12.4. The molecule has 1 unspecified atom stereocenters. The van der Waals surface area contributed by atoms with Gasteiger partial charge in [0.1, 0.15) is 6.04 Å². The summed E-state index contributed by atoms with van der Waals surface area (Å²) in [6, 6.07) is -0.0961. The molecular weight excluding hydrogens is 252 g/mol. The second kappa shape index (κ2) is 6.22. The molecule has 4 nitrogen and oxygen atoms in total. The largest absolute Gasteiger partial charge is 0.378 e. The minimum atomic E-state index is -0.0961. The smallest absolute Gasteiger partial charge is 0.242 e. The Morgan fingerprint density at radius 2 is 1.78 bits per heavy atom. The monoisotopic (exact) mass is 274 g/mol. The highest BCUT2D eigenvalue weighted by atomic mass is 35.5. The highest BCUT2D eigenvalue weighted by Gasteiger charge is 2.34. The molecular formula is C13H23ClN2O2. The topological polar surface area (TPSA) is 41.6 Å². The number of hydrogen-bond donors (Lipinski definition) is 1. The van der Waals surface area contributed by atoms with Gasteiger partial charge in [-0.3, -0.25) is 4.79 Å². The fourth-order valence-electron chi connectivity index (χ4n) is 2.42. The third-order valence-corrected chi connectivity index (χ3v) is 3.88. The summed E-state index contributed by atoms with van der Waals surface area (Å²) in [5.74, 6) is 1.83. The van der Waals surface area contributed by atoms with Crippen LogP contribution in [0.4, 0.5) is 0 Å². The van der Waals surface area contributed by atoms with Crippen molar-refractivity contribution in [3.8, 4) is 0 Å². The average Bonchev–Trinajstić information content (AvgIpc) is 3.23. The van der Waals surface area contributed by atoms with Crippen molar-refractivity contribution in [2.75, 3.05) is 32.8 Å². The molecule has 2 aliphatic carbocycles. The predicted molar refractivity (Wildman–Crippen MR) is 71.9 cm³/mol. The summed E-state index contributed by atoms with van der Waals surface area (Å²) >= 11 is 0. The quantitative estimate of drug-likeness (QED) is 0.815. The van der Waals surface area contributed by atoms with Gasteiger partial charge in [-0.25, -0.2) is 0 Å². The number of amides is 1. The van der Waals surface area contributed by atoms with Gasteiger partial charge in [-0.2, -0.15) is 0 Å². The van der Waals surface area contributed by atoms with E-state index in [9.17, 15) is 4.79 Å². The number of carbonyl (C=O) groups excluding carboxylic acids is 1. The minimum absolute atomic E-state index is 0. The van der Waals surface area contributed by atoms with Crippen molar-refractivity contribution in [2.45, 2.75) is 31.7 Å². The normalized spacial score (nSPS) is 27.4. The summed E-state index contributed by atoms with van der Waals surface area (Å²) in [4.78, 5) is 14.5. The first-order chi connectivity index (χ1) is 8.33. The second-order valence-electron chi connectivity index (χ2n) is 5.71. The van der Waals surface area contributed by atoms with Crippen molar-refractivity contribution in [1.29, 1.82) is 0 Å². The Hall–Kier alpha value is -0.320. The van der Waals surface area contributed by atoms with E-state index < -0.39 is 0 Å². The SMILES string of the molecule is Cl.O=C(C1COCCN1)N(CC1CC1)CC1CC1. The highest BCUT2D eigenvalue weighted by Crippen LogP contribution is 2.33. The van der Waals surface area contributed by atoms with Crippen LogP contribution in [0.3, 0.4) is 0 Å². The molecule has 0 spiro atoms. The van der Waals surface area contributed by atoms with Crippen LogP contribution in [-0.2, 0) is 9.53 Å². The van der Waals surface area contributed by atoms with E-state index >= 15 is 0 Å². The average molecular weight is 275 g/mol. The molecule has 3 rings (SSSR count). The van der Waals surface area contributed by atoms with Crippen LogP contribution in [-0.4, -0.2) is 49.7 Å². The van der Waals surface area contributed by atoms with Gasteiger partial charge in [-0.05, 0) is 37.5 Å². The molecule has 18 heavy (non-hydrogen) atoms. The zero-order valence-electron chi connectivity index (χ0n) is 10.8. The van der Waals surface area contributed by atoms with Gasteiger partial charge in [0.15, 0.2) is 0 Å². The number of rotatable bonds is 5. The lowest BCUT2D eigenvalue weighted by Crippen LogP contribution is -2.53. The van der Waals surface area contributed by atoms with Crippen LogP contribution in [0.1, 0.15) is 25.7 Å². The highest BCUT2D eigenvalue weighted by molar-refractivity contribution is 5.85. The molecule has 0 bridgehead atoms. The van der Waals surface area contributed by atoms with E-state index in [1.54, 1.807) is 0 Å². The first-order valence-electron chi connectivity index (χ1n) is 6.93. The standard InChI is InChI=1S/C13H22N2O2.ClH/c16-13(12-9-17-6-5-14-12)15(7-10-1-2-10)8-11-3-4-11;/h10-12,14H,1-9H2;1H. The third-order valence-electron chi connectivity index (χ3n) is 3.88. The van der Waals surface area contributed by atoms with Crippen molar-refractivity contribution in [3.63, 3.8) is 0 Å². The van der Waals surface area contributed by atoms with Crippen LogP contribution in [0.15, 0.2) is 0 Å². The maximum absolute atomic E-state index is 12.4. The molecule has 1 amide bonds. The first kappa shape index (κ1) is 14.1. The maximum Gasteiger partial charge on any atom is 0.242 e. The van der Waals surface area contributed by atoms with Gasteiger partial charge < -0.3 is 15.0 Å². The van der Waals surface area contributed by atoms with Crippen molar-refractivity contribution in [1.82, 2.24) is 10.2 Å². The molecule has 1 heterocycles. The van der Waals surface area contributed by atoms with Gasteiger partial charge in [0, 0.05) is 19.6 Å². The van der Waals surface area contributed by atoms with Crippen LogP contribution in [0.25, 0.3) is 0 Å². The van der Waals surface area contributed by atoms with E-state index in [1.807, 2.05) is 0 Å². The second-order valence-corrected chi connectivity index (χ2v) is 5.71. The summed E-state index contributed by atoms with van der Waals surface area (Å²) in [6.07, 6.45) is 5.23. The molecule has 104 valence electrons. The molecule has 1 aliphatic heterocycles. The first-order valence-corrected chi connectivity index (χ1v) is 6.93. The summed E-state index contributed by atoms with van der Waals surface area (Å²) in [7, 11) is 0. The Kier molecular flexibility index (Phi) is 4.87. The number of nitrogens with zero attached hydrogens (tertiary/aromatic N) is 1. The Bertz CT molecular complexity index is 273. The van der Waals surface area contributed by atoms with Crippen molar-refractivity contribution in [3.05, 3.63) is 0 Å². The van der Waals surface area contributed by atoms with Crippen molar-refractivity contribution >= 4 is 18.3 Å². The van der Waals surface area contributed by atoms with Gasteiger partial charge >= 0.3 is 0 Å². The van der Waals surface area contributed by atoms with E-state index in [2.05, 4.69) is 10.2 Å². The Balaban J connectivity index is 0.00000120. The zero-order valence-corrected chi connectivity index (χ0v) is 11.6. The van der Waals surface area contributed by atoms with E-state index in [1.165, 1.54) is 25.7 Å². The molecule has 1 N–H and O–H groups in total. The molecule has 0 aromatic heterocycles. The van der Waals surface area contributed by atoms with Gasteiger partial charge in [0.2, 0.25) is 5.91 Å². The number of morpholine rings is 1. The molecule has 5 heteroatoms. The number of halogens is 1. The van der Waals surface area contributed by atoms with Crippen LogP contribution in [0.2, 0.25) is 0 Å². The van der Waals surface area contributed by atoms with Gasteiger partial charge in [0.05, 0.1) is 13.2 Å². The van der Waals surface area contributed by atoms with Gasteiger partial charge in [0.25, 0.3) is 0 Å². The van der Waals surface area contributed by atoms with Crippen molar-refractivity contribution in [2.24, 2.45) is 11.8 Å². The fourth-order valence-corrected chi connectivity index (χ4v) is 2.42. The van der Waals surface area contributed by atoms with Crippen LogP contribution < -0.4 is 5.32 Å². The molecule has 3 fully saturated rings. The lowest BCUT2D eigenvalue weighted by molar-refractivity contribution is -0.136. The number of nitrogens with one attached hydrogen (secondary N) is 1. The lowest BCUT2D eigenvalue weighted by atomic mass is 10.2. The van der Waals surface area contributed by atoms with Gasteiger partial charge in [-0.15, -0.1) is 12.4 Å². The third kappa shape index (κ3) is 3.84. The fraction of sp³-hybridized carbons (Fsp3) is 0.923. The molecule has 1 saturated heterocycles. The van der Waals surface area contributed by atoms with Crippen LogP contribution in [0.5, 0.6) is 0 Å². The molecule has 0 radical (unpaired) electrons. The summed E-state index contributed by atoms with van der Waals surface area (Å²) < 4.78 is 5.38. The van der Waals surface area contributed by atoms with E-state index in [4.69, 9.17) is 4.74 Å². The Morgan fingerprint density at radius 1 is 1.17 bits per heavy atom. The Labute approximate surface area is 115 Å². The van der Waals surface area contributed by atoms with E-state index in [0.29, 0.717) is 6.61 Å². The van der Waals surface area contributed by atoms with Gasteiger partial charge in [-0.1, -0.05) is 0 Å². The Morgan fingerprint density at radius 3 is 2.22 bits per heavy atom. The number of carbonyl (C=O) groups is 1. The van der Waals surface area contributed by atoms with Crippen LogP contribution in [0, 0.1) is 11.8 Å². The predicted octanol–water partition coefficient (Wildman–Crippen LogP) is 1.05.